The number of allylic oxidation sites excluding steroid dienone is 2. The lowest BCUT2D eigenvalue weighted by Gasteiger charge is -2.16. The first-order valence-electron chi connectivity index (χ1n) is 28.1. The molecule has 0 aliphatic carbocycles. The summed E-state index contributed by atoms with van der Waals surface area (Å²) in [5.41, 5.74) is 11.9. The van der Waals surface area contributed by atoms with Crippen molar-refractivity contribution in [2.75, 3.05) is 24.9 Å². The average Bonchev–Trinajstić information content (AvgIpc) is 1.70. The summed E-state index contributed by atoms with van der Waals surface area (Å²) in [7, 11) is 3.30. The third-order valence-corrected chi connectivity index (χ3v) is 15.5. The minimum absolute atomic E-state index is 0.190. The summed E-state index contributed by atoms with van der Waals surface area (Å²) in [5, 5.41) is 10.4. The minimum Gasteiger partial charge on any atom is -0.497 e. The quantitative estimate of drug-likeness (QED) is 0.0954. The highest BCUT2D eigenvalue weighted by Gasteiger charge is 2.19. The molecule has 12 rings (SSSR count). The second-order valence-corrected chi connectivity index (χ2v) is 22.9. The van der Waals surface area contributed by atoms with Gasteiger partial charge in [-0.3, -0.25) is 15.0 Å². The van der Waals surface area contributed by atoms with Crippen LogP contribution in [0.25, 0.3) is 67.0 Å². The summed E-state index contributed by atoms with van der Waals surface area (Å²) in [5.74, 6) is 1.95. The van der Waals surface area contributed by atoms with Gasteiger partial charge in [-0.15, -0.1) is 0 Å². The second kappa shape index (κ2) is 28.3. The van der Waals surface area contributed by atoms with E-state index >= 15 is 0 Å². The SMILES string of the molecule is C=C(C)c1cnc(-c2cc(Cl)ccc2F)cc1Cl.C=C(C)c1cnc(-c2cc(Cl)ccc2F)cc1Nc1ncnc2c1ccn2Cc1ccc(OC)cc1.COc1ccc(Cn2ccc3c(Nc4cc(-c5cc(Cl)ccc5F)ncc4C(C)C)ncnc32)cc1. The third kappa shape index (κ3) is 14.8. The number of nitrogens with one attached hydrogen (secondary N) is 2. The molecule has 13 nitrogen and oxygen atoms in total. The van der Waals surface area contributed by atoms with Crippen LogP contribution in [-0.4, -0.2) is 58.2 Å². The summed E-state index contributed by atoms with van der Waals surface area (Å²) in [6.07, 6.45) is 12.1. The molecule has 0 saturated heterocycles. The standard InChI is InChI=1S/C28H25ClFN5O.C28H23ClFN5O.C14H10Cl2FN/c2*1-17(2)23-14-31-25(22-12-19(29)6-9-24(22)30)13-26(23)34-27-21-10-11-35(28(21)33-16-32-27)15-18-4-7-20(36-3)8-5-18;1-8(2)11-7-18-14(6-12(11)16)10-5-9(15)3-4-13(10)17/h4-14,16-17H,15H2,1-3H3,(H,31,32,33,34);4-14,16H,1,15H2,2-3H3,(H,31,32,33,34);3-7H,1H2,2H3. The van der Waals surface area contributed by atoms with Crippen molar-refractivity contribution in [1.29, 1.82) is 0 Å². The van der Waals surface area contributed by atoms with E-state index in [1.54, 1.807) is 63.4 Å². The van der Waals surface area contributed by atoms with E-state index in [1.165, 1.54) is 48.8 Å². The highest BCUT2D eigenvalue weighted by atomic mass is 35.5. The van der Waals surface area contributed by atoms with Crippen LogP contribution in [0.3, 0.4) is 0 Å². The Morgan fingerprint density at radius 2 is 0.889 bits per heavy atom. The number of ether oxygens (including phenoxy) is 2. The van der Waals surface area contributed by atoms with Gasteiger partial charge in [0.25, 0.3) is 0 Å². The number of hydrogen-bond acceptors (Lipinski definition) is 11. The number of anilines is 4. The molecule has 7 heterocycles. The molecule has 0 spiro atoms. The molecule has 12 aromatic rings. The molecule has 0 unspecified atom stereocenters. The van der Waals surface area contributed by atoms with E-state index in [0.717, 1.165) is 78.2 Å². The van der Waals surface area contributed by atoms with Gasteiger partial charge in [-0.05, 0) is 157 Å². The topological polar surface area (TPSA) is 143 Å². The largest absolute Gasteiger partial charge is 0.497 e. The number of hydrogen-bond donors (Lipinski definition) is 2. The van der Waals surface area contributed by atoms with Gasteiger partial charge in [0.1, 0.15) is 64.5 Å². The van der Waals surface area contributed by atoms with Crippen LogP contribution in [0.15, 0.2) is 190 Å². The Labute approximate surface area is 538 Å². The monoisotopic (exact) mass is 1280 g/mol. The Kier molecular flexibility index (Phi) is 19.9. The second-order valence-electron chi connectivity index (χ2n) is 21.2. The van der Waals surface area contributed by atoms with Gasteiger partial charge in [-0.2, -0.15) is 0 Å². The van der Waals surface area contributed by atoms with Crippen LogP contribution in [-0.2, 0) is 13.1 Å². The van der Waals surface area contributed by atoms with E-state index in [9.17, 15) is 13.2 Å². The van der Waals surface area contributed by atoms with Crippen molar-refractivity contribution in [1.82, 2.24) is 44.0 Å². The van der Waals surface area contributed by atoms with Crippen LogP contribution in [0, 0.1) is 17.5 Å². The summed E-state index contributed by atoms with van der Waals surface area (Å²) in [6, 6.07) is 38.3. The highest BCUT2D eigenvalue weighted by molar-refractivity contribution is 6.33. The van der Waals surface area contributed by atoms with Crippen molar-refractivity contribution in [3.05, 3.63) is 256 Å². The Morgan fingerprint density at radius 3 is 1.30 bits per heavy atom. The first-order valence-corrected chi connectivity index (χ1v) is 29.6. The third-order valence-electron chi connectivity index (χ3n) is 14.5. The number of methoxy groups -OCH3 is 2. The molecule has 0 amide bonds. The molecular weight excluding hydrogens is 1230 g/mol. The normalized spacial score (nSPS) is 11.0. The highest BCUT2D eigenvalue weighted by Crippen LogP contribution is 2.37. The molecule has 0 radical (unpaired) electrons. The molecule has 454 valence electrons. The molecule has 0 bridgehead atoms. The van der Waals surface area contributed by atoms with Crippen molar-refractivity contribution >= 4 is 103 Å². The van der Waals surface area contributed by atoms with Crippen LogP contribution in [0.2, 0.25) is 20.1 Å². The van der Waals surface area contributed by atoms with Crippen molar-refractivity contribution in [2.24, 2.45) is 0 Å². The average molecular weight is 1280 g/mol. The van der Waals surface area contributed by atoms with Crippen molar-refractivity contribution in [3.8, 4) is 45.3 Å². The Bertz CT molecular complexity index is 4620. The smallest absolute Gasteiger partial charge is 0.145 e. The maximum atomic E-state index is 14.6. The molecule has 5 aromatic carbocycles. The van der Waals surface area contributed by atoms with Crippen LogP contribution in [0.5, 0.6) is 11.5 Å². The van der Waals surface area contributed by atoms with Crippen molar-refractivity contribution in [3.63, 3.8) is 0 Å². The number of aromatic nitrogens is 9. The van der Waals surface area contributed by atoms with E-state index in [4.69, 9.17) is 55.9 Å². The van der Waals surface area contributed by atoms with Gasteiger partial charge in [0, 0.05) is 92.6 Å². The number of fused-ring (bicyclic) bond motifs is 2. The molecule has 20 heteroatoms. The first kappa shape index (κ1) is 63.4. The number of nitrogens with zero attached hydrogens (tertiary/aromatic N) is 9. The zero-order chi connectivity index (χ0) is 63.8. The summed E-state index contributed by atoms with van der Waals surface area (Å²) < 4.78 is 57.4. The lowest BCUT2D eigenvalue weighted by atomic mass is 10.0. The van der Waals surface area contributed by atoms with Gasteiger partial charge in [-0.1, -0.05) is 97.7 Å². The van der Waals surface area contributed by atoms with Crippen LogP contribution in [0.4, 0.5) is 36.2 Å². The Morgan fingerprint density at radius 1 is 0.489 bits per heavy atom. The summed E-state index contributed by atoms with van der Waals surface area (Å²) in [4.78, 5) is 31.2. The Hall–Kier alpha value is -9.58. The molecule has 2 N–H and O–H groups in total. The van der Waals surface area contributed by atoms with Gasteiger partial charge >= 0.3 is 0 Å². The minimum atomic E-state index is -0.402. The van der Waals surface area contributed by atoms with E-state index in [0.29, 0.717) is 84.3 Å². The van der Waals surface area contributed by atoms with Gasteiger partial charge in [-0.25, -0.2) is 33.1 Å². The van der Waals surface area contributed by atoms with E-state index in [1.807, 2.05) is 93.0 Å². The molecule has 0 saturated carbocycles. The fourth-order valence-corrected chi connectivity index (χ4v) is 10.6. The zero-order valence-electron chi connectivity index (χ0n) is 49.6. The van der Waals surface area contributed by atoms with Gasteiger partial charge in [0.05, 0.1) is 52.8 Å². The lowest BCUT2D eigenvalue weighted by Crippen LogP contribution is -2.04. The van der Waals surface area contributed by atoms with E-state index in [-0.39, 0.29) is 17.6 Å². The first-order chi connectivity index (χ1) is 43.3. The number of benzene rings is 5. The zero-order valence-corrected chi connectivity index (χ0v) is 52.7. The molecule has 0 fully saturated rings. The van der Waals surface area contributed by atoms with Gasteiger partial charge in [0.15, 0.2) is 0 Å². The number of rotatable bonds is 16. The van der Waals surface area contributed by atoms with Gasteiger partial charge < -0.3 is 29.2 Å². The van der Waals surface area contributed by atoms with Crippen LogP contribution in [0.1, 0.15) is 61.4 Å². The Balaban J connectivity index is 0.000000157. The molecular formula is C70H58Cl4F3N11O2. The molecule has 90 heavy (non-hydrogen) atoms. The lowest BCUT2D eigenvalue weighted by molar-refractivity contribution is 0.414. The molecule has 0 atom stereocenters. The van der Waals surface area contributed by atoms with Crippen LogP contribution < -0.4 is 20.1 Å². The summed E-state index contributed by atoms with van der Waals surface area (Å²) >= 11 is 24.2. The predicted molar refractivity (Wildman–Crippen MR) is 358 cm³/mol. The fourth-order valence-electron chi connectivity index (χ4n) is 9.77. The molecule has 0 aliphatic heterocycles. The van der Waals surface area contributed by atoms with Gasteiger partial charge in [0.2, 0.25) is 0 Å². The fraction of sp³-hybridized carbons (Fsp3) is 0.129. The summed E-state index contributed by atoms with van der Waals surface area (Å²) in [6.45, 7) is 17.1. The predicted octanol–water partition coefficient (Wildman–Crippen LogP) is 19.6. The molecule has 7 aromatic heterocycles. The molecule has 0 aliphatic rings. The number of halogens is 7. The van der Waals surface area contributed by atoms with Crippen molar-refractivity contribution in [2.45, 2.75) is 46.7 Å². The van der Waals surface area contributed by atoms with Crippen molar-refractivity contribution < 1.29 is 22.6 Å². The van der Waals surface area contributed by atoms with Crippen LogP contribution >= 0.6 is 46.4 Å². The van der Waals surface area contributed by atoms with E-state index in [2.05, 4.69) is 81.7 Å². The maximum Gasteiger partial charge on any atom is 0.145 e. The van der Waals surface area contributed by atoms with E-state index < -0.39 is 5.82 Å². The number of pyridine rings is 3. The maximum absolute atomic E-state index is 14.6.